The van der Waals surface area contributed by atoms with Gasteiger partial charge in [0, 0.05) is 6.07 Å². The number of benzene rings is 1. The van der Waals surface area contributed by atoms with Crippen LogP contribution in [0.5, 0.6) is 11.5 Å². The second-order valence-corrected chi connectivity index (χ2v) is 2.83. The molecule has 0 aliphatic rings. The van der Waals surface area contributed by atoms with E-state index in [1.807, 2.05) is 0 Å². The highest BCUT2D eigenvalue weighted by Crippen LogP contribution is 2.29. The molecule has 1 aromatic rings. The number of phenols is 2. The van der Waals surface area contributed by atoms with Crippen molar-refractivity contribution in [3.8, 4) is 11.5 Å². The summed E-state index contributed by atoms with van der Waals surface area (Å²) in [6.45, 7) is 0. The fourth-order valence-corrected chi connectivity index (χ4v) is 1.02. The molecule has 0 spiro atoms. The zero-order valence-corrected chi connectivity index (χ0v) is 7.00. The van der Waals surface area contributed by atoms with Crippen molar-refractivity contribution in [2.24, 2.45) is 0 Å². The van der Waals surface area contributed by atoms with Crippen molar-refractivity contribution in [2.75, 3.05) is 0 Å². The number of hydrogen-bond acceptors (Lipinski definition) is 3. The average Bonchev–Trinajstić information content (AvgIpc) is 1.97. The van der Waals surface area contributed by atoms with Crippen LogP contribution in [0.15, 0.2) is 16.6 Å². The molecule has 0 fully saturated rings. The summed E-state index contributed by atoms with van der Waals surface area (Å²) < 4.78 is 0.386. The van der Waals surface area contributed by atoms with Crippen LogP contribution in [0.2, 0.25) is 0 Å². The molecule has 58 valence electrons. The lowest BCUT2D eigenvalue weighted by molar-refractivity contribution is 0.112. The molecule has 3 nitrogen and oxygen atoms in total. The van der Waals surface area contributed by atoms with E-state index in [-0.39, 0.29) is 17.1 Å². The van der Waals surface area contributed by atoms with Crippen molar-refractivity contribution in [3.05, 3.63) is 22.2 Å². The third-order valence-electron chi connectivity index (χ3n) is 1.22. The van der Waals surface area contributed by atoms with Gasteiger partial charge in [-0.2, -0.15) is 0 Å². The summed E-state index contributed by atoms with van der Waals surface area (Å²) in [5.74, 6) is -0.311. The first-order valence-corrected chi connectivity index (χ1v) is 3.61. The first-order valence-electron chi connectivity index (χ1n) is 2.82. The van der Waals surface area contributed by atoms with Gasteiger partial charge in [-0.1, -0.05) is 0 Å². The van der Waals surface area contributed by atoms with Gasteiger partial charge >= 0.3 is 0 Å². The number of rotatable bonds is 1. The summed E-state index contributed by atoms with van der Waals surface area (Å²) in [6, 6.07) is 2.45. The molecule has 2 N–H and O–H groups in total. The highest BCUT2D eigenvalue weighted by atomic mass is 79.9. The van der Waals surface area contributed by atoms with Gasteiger partial charge in [-0.05, 0) is 22.0 Å². The first kappa shape index (κ1) is 8.07. The van der Waals surface area contributed by atoms with E-state index < -0.39 is 0 Å². The lowest BCUT2D eigenvalue weighted by atomic mass is 10.2. The van der Waals surface area contributed by atoms with Crippen molar-refractivity contribution in [1.29, 1.82) is 0 Å². The van der Waals surface area contributed by atoms with Crippen molar-refractivity contribution < 1.29 is 15.0 Å². The van der Waals surface area contributed by atoms with E-state index in [0.717, 1.165) is 6.07 Å². The zero-order valence-electron chi connectivity index (χ0n) is 5.41. The Kier molecular flexibility index (Phi) is 2.14. The smallest absolute Gasteiger partial charge is 0.153 e. The first-order chi connectivity index (χ1) is 5.15. The molecule has 0 unspecified atom stereocenters. The number of phenolic OH excluding ortho intramolecular Hbond substituents is 2. The van der Waals surface area contributed by atoms with E-state index in [0.29, 0.717) is 10.8 Å². The van der Waals surface area contributed by atoms with Gasteiger partial charge in [0.15, 0.2) is 6.29 Å². The van der Waals surface area contributed by atoms with Gasteiger partial charge < -0.3 is 10.2 Å². The Balaban J connectivity index is 3.31. The lowest BCUT2D eigenvalue weighted by Crippen LogP contribution is -1.81. The van der Waals surface area contributed by atoms with Crippen molar-refractivity contribution >= 4 is 22.2 Å². The molecule has 0 atom stereocenters. The minimum atomic E-state index is -0.222. The predicted octanol–water partition coefficient (Wildman–Crippen LogP) is 1.67. The molecular weight excluding hydrogens is 212 g/mol. The zero-order chi connectivity index (χ0) is 8.43. The quantitative estimate of drug-likeness (QED) is 0.703. The number of halogens is 1. The van der Waals surface area contributed by atoms with Gasteiger partial charge in [0.1, 0.15) is 11.5 Å². The van der Waals surface area contributed by atoms with E-state index in [2.05, 4.69) is 15.9 Å². The van der Waals surface area contributed by atoms with Crippen LogP contribution in [0.4, 0.5) is 0 Å². The van der Waals surface area contributed by atoms with E-state index >= 15 is 0 Å². The molecule has 0 bridgehead atoms. The topological polar surface area (TPSA) is 57.5 Å². The van der Waals surface area contributed by atoms with E-state index in [9.17, 15) is 4.79 Å². The third-order valence-corrected chi connectivity index (χ3v) is 1.86. The molecule has 1 aromatic carbocycles. The van der Waals surface area contributed by atoms with E-state index in [1.54, 1.807) is 0 Å². The predicted molar refractivity (Wildman–Crippen MR) is 42.9 cm³/mol. The SMILES string of the molecule is O=Cc1cc(Br)c(O)cc1O. The van der Waals surface area contributed by atoms with E-state index in [1.165, 1.54) is 6.07 Å². The Morgan fingerprint density at radius 2 is 1.91 bits per heavy atom. The van der Waals surface area contributed by atoms with Crippen LogP contribution in [0.25, 0.3) is 0 Å². The van der Waals surface area contributed by atoms with Crippen LogP contribution in [0, 0.1) is 0 Å². The van der Waals surface area contributed by atoms with Crippen LogP contribution in [0.1, 0.15) is 10.4 Å². The Morgan fingerprint density at radius 3 is 2.45 bits per heavy atom. The third kappa shape index (κ3) is 1.51. The molecule has 0 aliphatic carbocycles. The minimum absolute atomic E-state index is 0.0897. The summed E-state index contributed by atoms with van der Waals surface area (Å²) in [7, 11) is 0. The fourth-order valence-electron chi connectivity index (χ4n) is 0.661. The van der Waals surface area contributed by atoms with Gasteiger partial charge in [-0.3, -0.25) is 4.79 Å². The summed E-state index contributed by atoms with van der Waals surface area (Å²) in [4.78, 5) is 10.2. The van der Waals surface area contributed by atoms with Crippen LogP contribution in [0.3, 0.4) is 0 Å². The summed E-state index contributed by atoms with van der Waals surface area (Å²) in [6.07, 6.45) is 0.513. The molecule has 0 radical (unpaired) electrons. The normalized spacial score (nSPS) is 9.55. The average molecular weight is 217 g/mol. The number of carbonyl (C=O) groups excluding carboxylic acids is 1. The monoisotopic (exact) mass is 216 g/mol. The van der Waals surface area contributed by atoms with Gasteiger partial charge in [0.05, 0.1) is 10.0 Å². The van der Waals surface area contributed by atoms with Crippen LogP contribution >= 0.6 is 15.9 Å². The van der Waals surface area contributed by atoms with E-state index in [4.69, 9.17) is 10.2 Å². The largest absolute Gasteiger partial charge is 0.507 e. The summed E-state index contributed by atoms with van der Waals surface area (Å²) in [5.41, 5.74) is 0.148. The summed E-state index contributed by atoms with van der Waals surface area (Å²) >= 11 is 3.00. The molecule has 0 heterocycles. The number of aldehydes is 1. The maximum Gasteiger partial charge on any atom is 0.153 e. The van der Waals surface area contributed by atoms with Gasteiger partial charge in [-0.15, -0.1) is 0 Å². The highest BCUT2D eigenvalue weighted by molar-refractivity contribution is 9.10. The fraction of sp³-hybridized carbons (Fsp3) is 0. The maximum atomic E-state index is 10.2. The van der Waals surface area contributed by atoms with Crippen molar-refractivity contribution in [1.82, 2.24) is 0 Å². The second-order valence-electron chi connectivity index (χ2n) is 1.98. The Labute approximate surface area is 71.4 Å². The molecule has 0 saturated heterocycles. The molecule has 0 saturated carbocycles. The summed E-state index contributed by atoms with van der Waals surface area (Å²) in [5, 5.41) is 18.0. The Hall–Kier alpha value is -1.03. The molecular formula is C7H5BrO3. The Morgan fingerprint density at radius 1 is 1.27 bits per heavy atom. The molecule has 0 aliphatic heterocycles. The molecule has 0 aromatic heterocycles. The molecule has 11 heavy (non-hydrogen) atoms. The minimum Gasteiger partial charge on any atom is -0.507 e. The molecule has 4 heteroatoms. The Bertz CT molecular complexity index is 296. The van der Waals surface area contributed by atoms with Crippen LogP contribution in [-0.2, 0) is 0 Å². The second kappa shape index (κ2) is 2.92. The number of carbonyl (C=O) groups is 1. The van der Waals surface area contributed by atoms with Gasteiger partial charge in [0.2, 0.25) is 0 Å². The number of aromatic hydroxyl groups is 2. The van der Waals surface area contributed by atoms with Crippen LogP contribution in [-0.4, -0.2) is 16.5 Å². The molecule has 1 rings (SSSR count). The van der Waals surface area contributed by atoms with Crippen molar-refractivity contribution in [2.45, 2.75) is 0 Å². The van der Waals surface area contributed by atoms with Gasteiger partial charge in [0.25, 0.3) is 0 Å². The standard InChI is InChI=1S/C7H5BrO3/c8-5-1-4(3-9)6(10)2-7(5)11/h1-3,10-11H. The lowest BCUT2D eigenvalue weighted by Gasteiger charge is -1.99. The van der Waals surface area contributed by atoms with Crippen molar-refractivity contribution in [3.63, 3.8) is 0 Å². The highest BCUT2D eigenvalue weighted by Gasteiger charge is 2.04. The van der Waals surface area contributed by atoms with Gasteiger partial charge in [-0.25, -0.2) is 0 Å². The number of hydrogen-bond donors (Lipinski definition) is 2. The van der Waals surface area contributed by atoms with Crippen LogP contribution < -0.4 is 0 Å². The molecule has 0 amide bonds. The maximum absolute atomic E-state index is 10.2.